The fourth-order valence-electron chi connectivity index (χ4n) is 1.07. The normalized spacial score (nSPS) is 14.6. The highest BCUT2D eigenvalue weighted by Crippen LogP contribution is 1.68. The minimum Gasteiger partial charge on any atom is -0.404 e. The molecule has 1 rings (SSSR count). The Bertz CT molecular complexity index is 320. The summed E-state index contributed by atoms with van der Waals surface area (Å²) in [6, 6.07) is 2.00. The van der Waals surface area contributed by atoms with Crippen molar-refractivity contribution in [3.8, 4) is 0 Å². The molecule has 0 aliphatic heterocycles. The molecule has 0 saturated carbocycles. The topological polar surface area (TPSA) is 30.9 Å². The molecule has 0 unspecified atom stereocenters. The van der Waals surface area contributed by atoms with Gasteiger partial charge < -0.3 is 10.3 Å². The van der Waals surface area contributed by atoms with Crippen LogP contribution in [0.5, 0.6) is 0 Å². The van der Waals surface area contributed by atoms with Gasteiger partial charge in [-0.2, -0.15) is 0 Å². The van der Waals surface area contributed by atoms with Gasteiger partial charge in [0.25, 0.3) is 0 Å². The molecule has 1 aromatic rings. The summed E-state index contributed by atoms with van der Waals surface area (Å²) in [4.78, 5) is 0. The number of hydrogen-bond acceptors (Lipinski definition) is 1. The van der Waals surface area contributed by atoms with Gasteiger partial charge in [-0.15, -0.1) is 0 Å². The van der Waals surface area contributed by atoms with Crippen molar-refractivity contribution in [3.63, 3.8) is 0 Å². The Morgan fingerprint density at radius 2 is 2.30 bits per heavy atom. The van der Waals surface area contributed by atoms with Gasteiger partial charge in [0.1, 0.15) is 0 Å². The van der Waals surface area contributed by atoms with E-state index in [-0.39, 0.29) is 0 Å². The van der Waals surface area contributed by atoms with Crippen molar-refractivity contribution >= 4 is 12.3 Å². The quantitative estimate of drug-likeness (QED) is 0.513. The first-order chi connectivity index (χ1) is 4.79. The smallest absolute Gasteiger partial charge is 0.0448 e. The maximum absolute atomic E-state index is 5.38. The van der Waals surface area contributed by atoms with Crippen LogP contribution in [0.2, 0.25) is 0 Å². The molecule has 10 heavy (non-hydrogen) atoms. The van der Waals surface area contributed by atoms with Gasteiger partial charge in [-0.05, 0) is 13.0 Å². The van der Waals surface area contributed by atoms with Crippen LogP contribution in [0.3, 0.4) is 0 Å². The van der Waals surface area contributed by atoms with Crippen molar-refractivity contribution in [1.29, 1.82) is 0 Å². The van der Waals surface area contributed by atoms with Crippen LogP contribution < -0.4 is 16.3 Å². The van der Waals surface area contributed by atoms with Gasteiger partial charge in [0.2, 0.25) is 0 Å². The van der Waals surface area contributed by atoms with E-state index in [1.54, 1.807) is 6.20 Å². The Hall–Kier alpha value is -1.18. The zero-order valence-corrected chi connectivity index (χ0v) is 6.33. The van der Waals surface area contributed by atoms with E-state index in [2.05, 4.69) is 0 Å². The van der Waals surface area contributed by atoms with E-state index in [9.17, 15) is 0 Å². The van der Waals surface area contributed by atoms with Crippen LogP contribution in [-0.4, -0.2) is 4.57 Å². The summed E-state index contributed by atoms with van der Waals surface area (Å²) in [7, 11) is 2.00. The number of nitrogens with zero attached hydrogens (tertiary/aromatic N) is 1. The number of aryl methyl sites for hydroxylation is 1. The van der Waals surface area contributed by atoms with Crippen LogP contribution in [0, 0.1) is 0 Å². The zero-order chi connectivity index (χ0) is 7.56. The second kappa shape index (κ2) is 2.60. The van der Waals surface area contributed by atoms with Gasteiger partial charge in [-0.3, -0.25) is 0 Å². The number of aromatic nitrogens is 1. The van der Waals surface area contributed by atoms with Gasteiger partial charge in [0.05, 0.1) is 0 Å². The Balaban J connectivity index is 3.59. The molecule has 0 radical (unpaired) electrons. The molecule has 0 atom stereocenters. The van der Waals surface area contributed by atoms with E-state index >= 15 is 0 Å². The lowest BCUT2D eigenvalue weighted by atomic mass is 10.4. The molecule has 0 aliphatic rings. The molecule has 0 amide bonds. The predicted molar refractivity (Wildman–Crippen MR) is 43.5 cm³/mol. The van der Waals surface area contributed by atoms with E-state index in [0.29, 0.717) is 0 Å². The molecular weight excluding hydrogens is 124 g/mol. The molecule has 0 fully saturated rings. The van der Waals surface area contributed by atoms with E-state index in [1.165, 1.54) is 5.35 Å². The van der Waals surface area contributed by atoms with Gasteiger partial charge in [-0.1, -0.05) is 6.08 Å². The van der Waals surface area contributed by atoms with Crippen LogP contribution in [0.25, 0.3) is 12.3 Å². The Morgan fingerprint density at radius 1 is 1.60 bits per heavy atom. The van der Waals surface area contributed by atoms with E-state index < -0.39 is 0 Å². The van der Waals surface area contributed by atoms with Crippen LogP contribution in [-0.2, 0) is 7.05 Å². The maximum atomic E-state index is 5.38. The standard InChI is InChI=1S/C8H12N2/c1-3-8-7(6-9)4-5-10(8)2/h3-6H,9H2,1-2H3/b7-6-,8-3+. The fourth-order valence-corrected chi connectivity index (χ4v) is 1.07. The molecule has 0 spiro atoms. The molecule has 2 nitrogen and oxygen atoms in total. The second-order valence-corrected chi connectivity index (χ2v) is 2.22. The highest BCUT2D eigenvalue weighted by Gasteiger charge is 1.85. The third kappa shape index (κ3) is 0.923. The monoisotopic (exact) mass is 136 g/mol. The van der Waals surface area contributed by atoms with Crippen LogP contribution >= 0.6 is 0 Å². The summed E-state index contributed by atoms with van der Waals surface area (Å²) in [6.45, 7) is 2.00. The zero-order valence-electron chi connectivity index (χ0n) is 6.33. The summed E-state index contributed by atoms with van der Waals surface area (Å²) in [6.07, 6.45) is 5.65. The van der Waals surface area contributed by atoms with Crippen molar-refractivity contribution in [3.05, 3.63) is 22.8 Å². The van der Waals surface area contributed by atoms with Crippen LogP contribution in [0.4, 0.5) is 0 Å². The summed E-state index contributed by atoms with van der Waals surface area (Å²) in [5.74, 6) is 0. The average molecular weight is 136 g/mol. The van der Waals surface area contributed by atoms with E-state index in [1.807, 2.05) is 36.9 Å². The first kappa shape index (κ1) is 6.93. The fraction of sp³-hybridized carbons (Fsp3) is 0.250. The van der Waals surface area contributed by atoms with E-state index in [4.69, 9.17) is 5.73 Å². The van der Waals surface area contributed by atoms with Crippen molar-refractivity contribution in [2.24, 2.45) is 12.8 Å². The highest BCUT2D eigenvalue weighted by atomic mass is 14.9. The molecule has 2 N–H and O–H groups in total. The largest absolute Gasteiger partial charge is 0.404 e. The van der Waals surface area contributed by atoms with Crippen molar-refractivity contribution in [1.82, 2.24) is 4.57 Å². The number of hydrogen-bond donors (Lipinski definition) is 1. The highest BCUT2D eigenvalue weighted by molar-refractivity contribution is 5.25. The summed E-state index contributed by atoms with van der Waals surface area (Å²) in [5, 5.41) is 2.26. The summed E-state index contributed by atoms with van der Waals surface area (Å²) in [5.41, 5.74) is 5.38. The lowest BCUT2D eigenvalue weighted by molar-refractivity contribution is 0.887. The molecule has 0 aromatic carbocycles. The third-order valence-corrected chi connectivity index (χ3v) is 1.61. The van der Waals surface area contributed by atoms with Crippen molar-refractivity contribution in [2.75, 3.05) is 0 Å². The van der Waals surface area contributed by atoms with Crippen molar-refractivity contribution < 1.29 is 0 Å². The van der Waals surface area contributed by atoms with Gasteiger partial charge in [0, 0.05) is 30.0 Å². The third-order valence-electron chi connectivity index (χ3n) is 1.61. The molecule has 0 aliphatic carbocycles. The molecule has 1 aromatic heterocycles. The van der Waals surface area contributed by atoms with Crippen LogP contribution in [0.15, 0.2) is 12.3 Å². The average Bonchev–Trinajstić information content (AvgIpc) is 2.30. The van der Waals surface area contributed by atoms with Gasteiger partial charge in [0.15, 0.2) is 0 Å². The minimum absolute atomic E-state index is 1.09. The molecule has 54 valence electrons. The van der Waals surface area contributed by atoms with Gasteiger partial charge >= 0.3 is 0 Å². The molecule has 0 saturated heterocycles. The molecule has 1 heterocycles. The number of rotatable bonds is 0. The summed E-state index contributed by atoms with van der Waals surface area (Å²) < 4.78 is 2.04. The predicted octanol–water partition coefficient (Wildman–Crippen LogP) is -0.478. The summed E-state index contributed by atoms with van der Waals surface area (Å²) >= 11 is 0. The number of nitrogens with two attached hydrogens (primary N) is 1. The first-order valence-electron chi connectivity index (χ1n) is 3.29. The molecule has 2 heteroatoms. The Morgan fingerprint density at radius 3 is 2.70 bits per heavy atom. The second-order valence-electron chi connectivity index (χ2n) is 2.22. The lowest BCUT2D eigenvalue weighted by Crippen LogP contribution is -2.27. The van der Waals surface area contributed by atoms with Gasteiger partial charge in [-0.25, -0.2) is 0 Å². The maximum Gasteiger partial charge on any atom is 0.0448 e. The Labute approximate surface area is 60.3 Å². The Kier molecular flexibility index (Phi) is 1.81. The van der Waals surface area contributed by atoms with E-state index in [0.717, 1.165) is 5.22 Å². The molecular formula is C8H12N2. The minimum atomic E-state index is 1.09. The molecule has 0 bridgehead atoms. The lowest BCUT2D eigenvalue weighted by Gasteiger charge is -1.87. The van der Waals surface area contributed by atoms with Crippen molar-refractivity contribution in [2.45, 2.75) is 6.92 Å². The SMILES string of the molecule is C/C=c1\c(=C/N)ccn1C. The van der Waals surface area contributed by atoms with Crippen LogP contribution in [0.1, 0.15) is 6.92 Å². The first-order valence-corrected chi connectivity index (χ1v) is 3.29.